The molecule has 0 unspecified atom stereocenters. The summed E-state index contributed by atoms with van der Waals surface area (Å²) in [5, 5.41) is 16.9. The van der Waals surface area contributed by atoms with Crippen molar-refractivity contribution in [3.63, 3.8) is 0 Å². The van der Waals surface area contributed by atoms with Crippen LogP contribution in [-0.4, -0.2) is 30.9 Å². The molecule has 0 bridgehead atoms. The van der Waals surface area contributed by atoms with Crippen LogP contribution >= 0.6 is 11.3 Å². The zero-order chi connectivity index (χ0) is 17.8. The molecule has 25 heavy (non-hydrogen) atoms. The number of hydrogen-bond acceptors (Lipinski definition) is 6. The number of nitrogens with one attached hydrogen (secondary N) is 1. The zero-order valence-corrected chi connectivity index (χ0v) is 15.2. The number of nitrogens with zero attached hydrogens (tertiary/aromatic N) is 5. The van der Waals surface area contributed by atoms with Crippen molar-refractivity contribution in [2.45, 2.75) is 39.5 Å². The summed E-state index contributed by atoms with van der Waals surface area (Å²) in [5.74, 6) is 0.815. The Bertz CT molecular complexity index is 853. The lowest BCUT2D eigenvalue weighted by Gasteiger charge is -2.06. The second-order valence-electron chi connectivity index (χ2n) is 5.66. The molecule has 0 aliphatic heterocycles. The number of anilines is 1. The molecule has 0 aliphatic carbocycles. The average Bonchev–Trinajstić information content (AvgIpc) is 3.24. The number of amides is 1. The third-order valence-corrected chi connectivity index (χ3v) is 5.12. The maximum absolute atomic E-state index is 12.6. The van der Waals surface area contributed by atoms with Crippen molar-refractivity contribution >= 4 is 22.4 Å². The highest BCUT2D eigenvalue weighted by Gasteiger charge is 2.19. The minimum Gasteiger partial charge on any atom is -0.296 e. The number of carbonyl (C=O) groups is 1. The minimum atomic E-state index is -0.244. The van der Waals surface area contributed by atoms with Gasteiger partial charge in [-0.05, 0) is 31.9 Å². The van der Waals surface area contributed by atoms with Gasteiger partial charge in [-0.2, -0.15) is 5.10 Å². The van der Waals surface area contributed by atoms with Gasteiger partial charge in [0.25, 0.3) is 5.91 Å². The Morgan fingerprint density at radius 2 is 2.08 bits per heavy atom. The molecule has 130 valence electrons. The van der Waals surface area contributed by atoms with Crippen molar-refractivity contribution in [1.82, 2.24) is 25.0 Å². The number of aromatic nitrogens is 5. The van der Waals surface area contributed by atoms with E-state index in [1.54, 1.807) is 17.1 Å². The van der Waals surface area contributed by atoms with E-state index in [4.69, 9.17) is 0 Å². The van der Waals surface area contributed by atoms with Crippen LogP contribution in [-0.2, 0) is 0 Å². The normalized spacial score (nSPS) is 11.0. The largest absolute Gasteiger partial charge is 0.296 e. The van der Waals surface area contributed by atoms with E-state index in [0.29, 0.717) is 22.4 Å². The van der Waals surface area contributed by atoms with E-state index in [-0.39, 0.29) is 5.91 Å². The minimum absolute atomic E-state index is 0.244. The second kappa shape index (κ2) is 7.52. The molecule has 0 saturated carbocycles. The molecule has 3 aromatic rings. The molecule has 8 heteroatoms. The van der Waals surface area contributed by atoms with Crippen LogP contribution in [0.1, 0.15) is 53.7 Å². The van der Waals surface area contributed by atoms with E-state index < -0.39 is 0 Å². The van der Waals surface area contributed by atoms with E-state index in [1.807, 2.05) is 25.1 Å². The lowest BCUT2D eigenvalue weighted by Crippen LogP contribution is -2.13. The van der Waals surface area contributed by atoms with E-state index in [0.717, 1.165) is 23.5 Å². The number of carbonyl (C=O) groups excluding carboxylic acids is 1. The summed E-state index contributed by atoms with van der Waals surface area (Å²) in [6.07, 6.45) is 5.25. The fourth-order valence-electron chi connectivity index (χ4n) is 2.59. The van der Waals surface area contributed by atoms with E-state index in [1.165, 1.54) is 11.3 Å². The molecular formula is C17H20N6OS. The van der Waals surface area contributed by atoms with Crippen molar-refractivity contribution in [1.29, 1.82) is 0 Å². The molecule has 0 fully saturated rings. The quantitative estimate of drug-likeness (QED) is 0.729. The van der Waals surface area contributed by atoms with Gasteiger partial charge in [0.05, 0.1) is 17.5 Å². The molecule has 3 rings (SSSR count). The molecule has 1 N–H and O–H groups in total. The number of pyridine rings is 1. The Morgan fingerprint density at radius 1 is 1.28 bits per heavy atom. The molecule has 0 atom stereocenters. The van der Waals surface area contributed by atoms with Gasteiger partial charge in [-0.1, -0.05) is 31.3 Å². The van der Waals surface area contributed by atoms with Crippen molar-refractivity contribution in [2.75, 3.05) is 5.32 Å². The fraction of sp³-hybridized carbons (Fsp3) is 0.353. The highest BCUT2D eigenvalue weighted by atomic mass is 32.1. The first kappa shape index (κ1) is 17.2. The predicted molar refractivity (Wildman–Crippen MR) is 97.3 cm³/mol. The SMILES string of the molecule is CCC(CC)c1nnc(NC(=O)c2cnn(-c3ccccn3)c2C)s1. The van der Waals surface area contributed by atoms with Gasteiger partial charge in [-0.25, -0.2) is 9.67 Å². The molecule has 0 aliphatic rings. The van der Waals surface area contributed by atoms with E-state index in [2.05, 4.69) is 39.4 Å². The van der Waals surface area contributed by atoms with Gasteiger partial charge in [0.1, 0.15) is 5.01 Å². The molecule has 0 saturated heterocycles. The monoisotopic (exact) mass is 356 g/mol. The van der Waals surface area contributed by atoms with Crippen LogP contribution < -0.4 is 5.32 Å². The summed E-state index contributed by atoms with van der Waals surface area (Å²) in [6.45, 7) is 6.10. The second-order valence-corrected chi connectivity index (χ2v) is 6.67. The van der Waals surface area contributed by atoms with E-state index in [9.17, 15) is 4.79 Å². The first-order valence-electron chi connectivity index (χ1n) is 8.24. The highest BCUT2D eigenvalue weighted by Crippen LogP contribution is 2.28. The predicted octanol–water partition coefficient (Wildman–Crippen LogP) is 3.58. The molecule has 3 heterocycles. The van der Waals surface area contributed by atoms with Crippen LogP contribution in [0, 0.1) is 6.92 Å². The maximum atomic E-state index is 12.6. The summed E-state index contributed by atoms with van der Waals surface area (Å²) in [7, 11) is 0. The molecule has 0 radical (unpaired) electrons. The topological polar surface area (TPSA) is 85.6 Å². The number of hydrogen-bond donors (Lipinski definition) is 1. The summed E-state index contributed by atoms with van der Waals surface area (Å²) in [4.78, 5) is 16.8. The third-order valence-electron chi connectivity index (χ3n) is 4.12. The van der Waals surface area contributed by atoms with Crippen LogP contribution in [0.25, 0.3) is 5.82 Å². The van der Waals surface area contributed by atoms with Gasteiger partial charge >= 0.3 is 0 Å². The number of rotatable bonds is 6. The molecule has 3 aromatic heterocycles. The Labute approximate surface area is 150 Å². The third kappa shape index (κ3) is 3.58. The first-order valence-corrected chi connectivity index (χ1v) is 9.06. The van der Waals surface area contributed by atoms with Gasteiger partial charge < -0.3 is 0 Å². The molecule has 0 aromatic carbocycles. The molecule has 0 spiro atoms. The van der Waals surface area contributed by atoms with Gasteiger partial charge in [0.2, 0.25) is 5.13 Å². The van der Waals surface area contributed by atoms with Gasteiger partial charge in [0.15, 0.2) is 5.82 Å². The molecule has 7 nitrogen and oxygen atoms in total. The highest BCUT2D eigenvalue weighted by molar-refractivity contribution is 7.15. The van der Waals surface area contributed by atoms with E-state index >= 15 is 0 Å². The maximum Gasteiger partial charge on any atom is 0.260 e. The van der Waals surface area contributed by atoms with Gasteiger partial charge in [-0.3, -0.25) is 10.1 Å². The smallest absolute Gasteiger partial charge is 0.260 e. The summed E-state index contributed by atoms with van der Waals surface area (Å²) >= 11 is 1.43. The van der Waals surface area contributed by atoms with Crippen molar-refractivity contribution in [2.24, 2.45) is 0 Å². The van der Waals surface area contributed by atoms with Crippen molar-refractivity contribution in [3.8, 4) is 5.82 Å². The molecule has 1 amide bonds. The van der Waals surface area contributed by atoms with Crippen molar-refractivity contribution < 1.29 is 4.79 Å². The molecular weight excluding hydrogens is 336 g/mol. The van der Waals surface area contributed by atoms with Crippen LogP contribution in [0.15, 0.2) is 30.6 Å². The van der Waals surface area contributed by atoms with Crippen molar-refractivity contribution in [3.05, 3.63) is 46.9 Å². The van der Waals surface area contributed by atoms with Crippen LogP contribution in [0.2, 0.25) is 0 Å². The fourth-order valence-corrected chi connectivity index (χ4v) is 3.60. The Balaban J connectivity index is 1.77. The van der Waals surface area contributed by atoms with Gasteiger partial charge in [0, 0.05) is 12.1 Å². The lowest BCUT2D eigenvalue weighted by molar-refractivity contribution is 0.102. The Kier molecular flexibility index (Phi) is 5.18. The Hall–Kier alpha value is -2.61. The Morgan fingerprint density at radius 3 is 2.76 bits per heavy atom. The van der Waals surface area contributed by atoms with Crippen LogP contribution in [0.4, 0.5) is 5.13 Å². The van der Waals surface area contributed by atoms with Crippen LogP contribution in [0.3, 0.4) is 0 Å². The zero-order valence-electron chi connectivity index (χ0n) is 14.4. The standard InChI is InChI=1S/C17H20N6OS/c1-4-12(5-2)16-21-22-17(25-16)20-15(24)13-10-19-23(11(13)3)14-8-6-7-9-18-14/h6-10,12H,4-5H2,1-3H3,(H,20,22,24). The van der Waals surface area contributed by atoms with Crippen LogP contribution in [0.5, 0.6) is 0 Å². The average molecular weight is 356 g/mol. The van der Waals surface area contributed by atoms with Gasteiger partial charge in [-0.15, -0.1) is 10.2 Å². The summed E-state index contributed by atoms with van der Waals surface area (Å²) < 4.78 is 1.64. The summed E-state index contributed by atoms with van der Waals surface area (Å²) in [6, 6.07) is 5.56. The first-order chi connectivity index (χ1) is 12.1. The lowest BCUT2D eigenvalue weighted by atomic mass is 10.1. The summed E-state index contributed by atoms with van der Waals surface area (Å²) in [5.41, 5.74) is 1.21.